The molecule has 3 nitrogen and oxygen atoms in total. The summed E-state index contributed by atoms with van der Waals surface area (Å²) in [4.78, 5) is 3.88. The fourth-order valence-corrected chi connectivity index (χ4v) is 1.08. The third-order valence-corrected chi connectivity index (χ3v) is 2.13. The average Bonchev–Trinajstić information content (AvgIpc) is 2.15. The summed E-state index contributed by atoms with van der Waals surface area (Å²) in [5, 5.41) is 12.7. The molecule has 1 aromatic heterocycles. The zero-order valence-corrected chi connectivity index (χ0v) is 9.17. The van der Waals surface area contributed by atoms with Crippen molar-refractivity contribution in [3.8, 4) is 0 Å². The molecule has 0 aliphatic rings. The van der Waals surface area contributed by atoms with Crippen LogP contribution >= 0.6 is 11.6 Å². The Balaban J connectivity index is 2.54. The Morgan fingerprint density at radius 3 is 2.86 bits per heavy atom. The summed E-state index contributed by atoms with van der Waals surface area (Å²) in [5.74, 6) is 0. The van der Waals surface area contributed by atoms with Crippen molar-refractivity contribution in [2.45, 2.75) is 13.8 Å². The zero-order valence-electron chi connectivity index (χ0n) is 8.42. The lowest BCUT2D eigenvalue weighted by Crippen LogP contribution is -2.26. The van der Waals surface area contributed by atoms with Crippen LogP contribution < -0.4 is 5.32 Å². The third-order valence-electron chi connectivity index (χ3n) is 1.93. The molecule has 0 radical (unpaired) electrons. The summed E-state index contributed by atoms with van der Waals surface area (Å²) in [6.07, 6.45) is 1.65. The number of halogens is 1. The first-order chi connectivity index (χ1) is 6.53. The van der Waals surface area contributed by atoms with Crippen LogP contribution in [0.3, 0.4) is 0 Å². The molecule has 1 aromatic rings. The highest BCUT2D eigenvalue weighted by atomic mass is 35.5. The summed E-state index contributed by atoms with van der Waals surface area (Å²) < 4.78 is 0. The van der Waals surface area contributed by atoms with Gasteiger partial charge in [-0.25, -0.2) is 4.98 Å². The van der Waals surface area contributed by atoms with Crippen LogP contribution in [0.2, 0.25) is 5.15 Å². The van der Waals surface area contributed by atoms with E-state index in [1.165, 1.54) is 0 Å². The monoisotopic (exact) mass is 214 g/mol. The predicted molar refractivity (Wildman–Crippen MR) is 58.6 cm³/mol. The summed E-state index contributed by atoms with van der Waals surface area (Å²) in [6, 6.07) is 3.61. The van der Waals surface area contributed by atoms with Crippen molar-refractivity contribution in [1.29, 1.82) is 0 Å². The molecule has 0 amide bonds. The molecule has 0 aliphatic carbocycles. The van der Waals surface area contributed by atoms with Crippen LogP contribution in [0.25, 0.3) is 0 Å². The quantitative estimate of drug-likeness (QED) is 0.756. The Labute approximate surface area is 89.1 Å². The highest BCUT2D eigenvalue weighted by Crippen LogP contribution is 2.17. The number of nitrogens with one attached hydrogen (secondary N) is 1. The Morgan fingerprint density at radius 2 is 2.29 bits per heavy atom. The second kappa shape index (κ2) is 4.62. The van der Waals surface area contributed by atoms with E-state index in [1.807, 2.05) is 19.9 Å². The number of pyridine rings is 1. The molecule has 0 aromatic carbocycles. The van der Waals surface area contributed by atoms with Gasteiger partial charge in [-0.3, -0.25) is 0 Å². The SMILES string of the molecule is CC(C)(CO)CNc1ccnc(Cl)c1. The van der Waals surface area contributed by atoms with Crippen LogP contribution in [0.5, 0.6) is 0 Å². The molecule has 0 saturated heterocycles. The molecule has 78 valence electrons. The lowest BCUT2D eigenvalue weighted by molar-refractivity contribution is 0.171. The lowest BCUT2D eigenvalue weighted by atomic mass is 9.95. The van der Waals surface area contributed by atoms with Crippen molar-refractivity contribution < 1.29 is 5.11 Å². The molecule has 0 atom stereocenters. The van der Waals surface area contributed by atoms with Gasteiger partial charge in [0.2, 0.25) is 0 Å². The van der Waals surface area contributed by atoms with Gasteiger partial charge in [-0.2, -0.15) is 0 Å². The fourth-order valence-electron chi connectivity index (χ4n) is 0.910. The van der Waals surface area contributed by atoms with Gasteiger partial charge in [-0.1, -0.05) is 25.4 Å². The van der Waals surface area contributed by atoms with Crippen molar-refractivity contribution in [3.05, 3.63) is 23.5 Å². The molecule has 0 spiro atoms. The number of aliphatic hydroxyl groups excluding tert-OH is 1. The van der Waals surface area contributed by atoms with Gasteiger partial charge in [0.25, 0.3) is 0 Å². The first-order valence-corrected chi connectivity index (χ1v) is 4.87. The van der Waals surface area contributed by atoms with E-state index in [4.69, 9.17) is 16.7 Å². The molecule has 2 N–H and O–H groups in total. The smallest absolute Gasteiger partial charge is 0.131 e. The minimum absolute atomic E-state index is 0.129. The van der Waals surface area contributed by atoms with Crippen LogP contribution in [0.1, 0.15) is 13.8 Å². The topological polar surface area (TPSA) is 45.1 Å². The minimum atomic E-state index is -0.129. The van der Waals surface area contributed by atoms with E-state index < -0.39 is 0 Å². The molecule has 0 saturated carbocycles. The Morgan fingerprint density at radius 1 is 1.57 bits per heavy atom. The van der Waals surface area contributed by atoms with Crippen molar-refractivity contribution >= 4 is 17.3 Å². The minimum Gasteiger partial charge on any atom is -0.396 e. The summed E-state index contributed by atoms with van der Waals surface area (Å²) in [5.41, 5.74) is 0.793. The number of hydrogen-bond acceptors (Lipinski definition) is 3. The second-order valence-corrected chi connectivity index (χ2v) is 4.43. The van der Waals surface area contributed by atoms with Gasteiger partial charge in [-0.05, 0) is 12.1 Å². The number of anilines is 1. The van der Waals surface area contributed by atoms with Gasteiger partial charge >= 0.3 is 0 Å². The first-order valence-electron chi connectivity index (χ1n) is 4.50. The van der Waals surface area contributed by atoms with Gasteiger partial charge in [0.1, 0.15) is 5.15 Å². The number of hydrogen-bond donors (Lipinski definition) is 2. The van der Waals surface area contributed by atoms with E-state index in [0.29, 0.717) is 11.7 Å². The average molecular weight is 215 g/mol. The van der Waals surface area contributed by atoms with Crippen molar-refractivity contribution in [1.82, 2.24) is 4.98 Å². The molecular formula is C10H15ClN2O. The van der Waals surface area contributed by atoms with Crippen molar-refractivity contribution in [2.24, 2.45) is 5.41 Å². The van der Waals surface area contributed by atoms with Crippen molar-refractivity contribution in [2.75, 3.05) is 18.5 Å². The molecular weight excluding hydrogens is 200 g/mol. The van der Waals surface area contributed by atoms with E-state index in [1.54, 1.807) is 12.3 Å². The zero-order chi connectivity index (χ0) is 10.6. The highest BCUT2D eigenvalue weighted by molar-refractivity contribution is 6.29. The number of rotatable bonds is 4. The van der Waals surface area contributed by atoms with E-state index >= 15 is 0 Å². The standard InChI is InChI=1S/C10H15ClN2O/c1-10(2,7-14)6-13-8-3-4-12-9(11)5-8/h3-5,14H,6-7H2,1-2H3,(H,12,13). The van der Waals surface area contributed by atoms with Crippen LogP contribution in [0.15, 0.2) is 18.3 Å². The Kier molecular flexibility index (Phi) is 3.72. The molecule has 0 aliphatic heterocycles. The van der Waals surface area contributed by atoms with E-state index in [-0.39, 0.29) is 12.0 Å². The normalized spacial score (nSPS) is 11.4. The van der Waals surface area contributed by atoms with Crippen LogP contribution in [-0.2, 0) is 0 Å². The predicted octanol–water partition coefficient (Wildman–Crippen LogP) is 2.17. The maximum Gasteiger partial charge on any atom is 0.131 e. The molecule has 0 fully saturated rings. The third kappa shape index (κ3) is 3.52. The van der Waals surface area contributed by atoms with E-state index in [9.17, 15) is 0 Å². The molecule has 0 unspecified atom stereocenters. The summed E-state index contributed by atoms with van der Waals surface area (Å²) >= 11 is 5.73. The van der Waals surface area contributed by atoms with Crippen LogP contribution in [0, 0.1) is 5.41 Å². The fraction of sp³-hybridized carbons (Fsp3) is 0.500. The van der Waals surface area contributed by atoms with Gasteiger partial charge in [0, 0.05) is 30.5 Å². The van der Waals surface area contributed by atoms with Gasteiger partial charge < -0.3 is 10.4 Å². The van der Waals surface area contributed by atoms with Crippen LogP contribution in [0.4, 0.5) is 5.69 Å². The maximum atomic E-state index is 9.05. The molecule has 4 heteroatoms. The highest BCUT2D eigenvalue weighted by Gasteiger charge is 2.15. The largest absolute Gasteiger partial charge is 0.396 e. The summed E-state index contributed by atoms with van der Waals surface area (Å²) in [6.45, 7) is 4.83. The second-order valence-electron chi connectivity index (χ2n) is 4.04. The summed E-state index contributed by atoms with van der Waals surface area (Å²) in [7, 11) is 0. The Bertz CT molecular complexity index is 302. The van der Waals surface area contributed by atoms with Crippen molar-refractivity contribution in [3.63, 3.8) is 0 Å². The van der Waals surface area contributed by atoms with Gasteiger partial charge in [-0.15, -0.1) is 0 Å². The first kappa shape index (κ1) is 11.3. The molecule has 14 heavy (non-hydrogen) atoms. The Hall–Kier alpha value is -0.800. The van der Waals surface area contributed by atoms with Gasteiger partial charge in [0.15, 0.2) is 0 Å². The number of aliphatic hydroxyl groups is 1. The molecule has 0 bridgehead atoms. The molecule has 1 rings (SSSR count). The maximum absolute atomic E-state index is 9.05. The number of nitrogens with zero attached hydrogens (tertiary/aromatic N) is 1. The van der Waals surface area contributed by atoms with Crippen LogP contribution in [-0.4, -0.2) is 23.2 Å². The lowest BCUT2D eigenvalue weighted by Gasteiger charge is -2.22. The van der Waals surface area contributed by atoms with E-state index in [0.717, 1.165) is 5.69 Å². The molecule has 1 heterocycles. The van der Waals surface area contributed by atoms with E-state index in [2.05, 4.69) is 10.3 Å². The number of aromatic nitrogens is 1. The van der Waals surface area contributed by atoms with Gasteiger partial charge in [0.05, 0.1) is 0 Å².